The summed E-state index contributed by atoms with van der Waals surface area (Å²) in [5.41, 5.74) is 0.163. The molecule has 27 heavy (non-hydrogen) atoms. The predicted molar refractivity (Wildman–Crippen MR) is 89.0 cm³/mol. The van der Waals surface area contributed by atoms with Gasteiger partial charge in [-0.1, -0.05) is 0 Å². The highest BCUT2D eigenvalue weighted by Crippen LogP contribution is 2.24. The van der Waals surface area contributed by atoms with Crippen LogP contribution in [0.1, 0.15) is 21.7 Å². The molecule has 0 aliphatic carbocycles. The van der Waals surface area contributed by atoms with Crippen LogP contribution in [0.4, 0.5) is 13.2 Å². The topological polar surface area (TPSA) is 86.4 Å². The summed E-state index contributed by atoms with van der Waals surface area (Å²) in [5.74, 6) is -5.47. The lowest BCUT2D eigenvalue weighted by atomic mass is 10.1. The number of H-pyrrole nitrogens is 1. The van der Waals surface area contributed by atoms with E-state index >= 15 is 0 Å². The first-order chi connectivity index (χ1) is 12.6. The normalized spacial score (nSPS) is 16.0. The second-order valence-electron chi connectivity index (χ2n) is 6.18. The van der Waals surface area contributed by atoms with E-state index < -0.39 is 38.9 Å². The fraction of sp³-hybridized carbons (Fsp3) is 0.375. The summed E-state index contributed by atoms with van der Waals surface area (Å²) in [6.07, 6.45) is 0. The van der Waals surface area contributed by atoms with Crippen molar-refractivity contribution in [3.8, 4) is 0 Å². The molecule has 0 saturated carbocycles. The van der Waals surface area contributed by atoms with Crippen LogP contribution in [-0.4, -0.2) is 59.9 Å². The van der Waals surface area contributed by atoms with Crippen molar-refractivity contribution in [2.75, 3.05) is 26.2 Å². The Morgan fingerprint density at radius 3 is 2.26 bits per heavy atom. The van der Waals surface area contributed by atoms with Crippen molar-refractivity contribution < 1.29 is 26.4 Å². The van der Waals surface area contributed by atoms with Gasteiger partial charge in [-0.25, -0.2) is 21.6 Å². The van der Waals surface area contributed by atoms with Crippen LogP contribution >= 0.6 is 0 Å². The fourth-order valence-electron chi connectivity index (χ4n) is 3.04. The maximum atomic E-state index is 13.8. The zero-order valence-electron chi connectivity index (χ0n) is 14.6. The highest BCUT2D eigenvalue weighted by atomic mass is 32.2. The average molecular weight is 402 g/mol. The smallest absolute Gasteiger partial charge is 0.257 e. The van der Waals surface area contributed by atoms with Crippen molar-refractivity contribution in [1.29, 1.82) is 0 Å². The van der Waals surface area contributed by atoms with Crippen LogP contribution in [0.3, 0.4) is 0 Å². The molecular formula is C16H17F3N4O3S. The molecule has 0 bridgehead atoms. The molecule has 1 N–H and O–H groups in total. The van der Waals surface area contributed by atoms with E-state index in [2.05, 4.69) is 10.2 Å². The third kappa shape index (κ3) is 3.32. The van der Waals surface area contributed by atoms with Crippen molar-refractivity contribution in [2.24, 2.45) is 0 Å². The number of nitrogens with one attached hydrogen (secondary N) is 1. The number of aromatic nitrogens is 2. The van der Waals surface area contributed by atoms with Crippen molar-refractivity contribution in [3.63, 3.8) is 0 Å². The van der Waals surface area contributed by atoms with E-state index in [0.29, 0.717) is 17.5 Å². The van der Waals surface area contributed by atoms with E-state index in [9.17, 15) is 26.4 Å². The lowest BCUT2D eigenvalue weighted by Gasteiger charge is -2.34. The summed E-state index contributed by atoms with van der Waals surface area (Å²) >= 11 is 0. The number of carbonyl (C=O) groups is 1. The molecule has 2 aromatic rings. The molecule has 1 fully saturated rings. The van der Waals surface area contributed by atoms with Crippen LogP contribution < -0.4 is 0 Å². The van der Waals surface area contributed by atoms with Crippen LogP contribution in [0.2, 0.25) is 0 Å². The third-order valence-electron chi connectivity index (χ3n) is 4.45. The first-order valence-corrected chi connectivity index (χ1v) is 9.53. The SMILES string of the molecule is Cc1n[nH]c(C)c1S(=O)(=O)N1CCN(C(=O)c2ccc(F)c(F)c2F)CC1. The number of carbonyl (C=O) groups excluding carboxylic acids is 1. The standard InChI is InChI=1S/C16H17F3N4O3S/c1-9-15(10(2)21-20-9)27(25,26)23-7-5-22(6-8-23)16(24)11-3-4-12(17)14(19)13(11)18/h3-4H,5-8H2,1-2H3,(H,20,21). The monoisotopic (exact) mass is 402 g/mol. The average Bonchev–Trinajstić information content (AvgIpc) is 2.98. The summed E-state index contributed by atoms with van der Waals surface area (Å²) in [7, 11) is -3.80. The van der Waals surface area contributed by atoms with Crippen molar-refractivity contribution in [2.45, 2.75) is 18.7 Å². The molecule has 0 radical (unpaired) electrons. The van der Waals surface area contributed by atoms with E-state index in [4.69, 9.17) is 0 Å². The molecule has 11 heteroatoms. The highest BCUT2D eigenvalue weighted by molar-refractivity contribution is 7.89. The van der Waals surface area contributed by atoms with Gasteiger partial charge in [-0.05, 0) is 26.0 Å². The quantitative estimate of drug-likeness (QED) is 0.790. The fourth-order valence-corrected chi connectivity index (χ4v) is 4.80. The molecule has 1 aliphatic rings. The molecule has 0 unspecified atom stereocenters. The van der Waals surface area contributed by atoms with Crippen molar-refractivity contribution in [1.82, 2.24) is 19.4 Å². The molecule has 146 valence electrons. The number of hydrogen-bond donors (Lipinski definition) is 1. The van der Waals surface area contributed by atoms with Crippen molar-refractivity contribution in [3.05, 3.63) is 46.5 Å². The zero-order valence-corrected chi connectivity index (χ0v) is 15.4. The van der Waals surface area contributed by atoms with Gasteiger partial charge in [0.2, 0.25) is 10.0 Å². The lowest BCUT2D eigenvalue weighted by molar-refractivity contribution is 0.0691. The molecule has 1 aromatic carbocycles. The minimum atomic E-state index is -3.80. The van der Waals surface area contributed by atoms with E-state index in [1.807, 2.05) is 0 Å². The van der Waals surface area contributed by atoms with Gasteiger partial charge in [0.15, 0.2) is 17.5 Å². The Labute approximate surface area is 153 Å². The van der Waals surface area contributed by atoms with E-state index in [1.165, 1.54) is 9.21 Å². The number of hydrogen-bond acceptors (Lipinski definition) is 4. The summed E-state index contributed by atoms with van der Waals surface area (Å²) in [4.78, 5) is 13.7. The van der Waals surface area contributed by atoms with E-state index in [0.717, 1.165) is 6.07 Å². The van der Waals surface area contributed by atoms with Crippen LogP contribution in [-0.2, 0) is 10.0 Å². The minimum Gasteiger partial charge on any atom is -0.336 e. The second-order valence-corrected chi connectivity index (χ2v) is 8.06. The van der Waals surface area contributed by atoms with Gasteiger partial charge >= 0.3 is 0 Å². The molecule has 1 aromatic heterocycles. The molecule has 3 rings (SSSR count). The van der Waals surface area contributed by atoms with Gasteiger partial charge in [0.25, 0.3) is 5.91 Å². The zero-order chi connectivity index (χ0) is 19.9. The molecule has 7 nitrogen and oxygen atoms in total. The van der Waals surface area contributed by atoms with Gasteiger partial charge in [0.1, 0.15) is 4.90 Å². The molecule has 0 spiro atoms. The molecule has 0 atom stereocenters. The van der Waals surface area contributed by atoms with Crippen molar-refractivity contribution >= 4 is 15.9 Å². The second kappa shape index (κ2) is 6.97. The van der Waals surface area contributed by atoms with E-state index in [-0.39, 0.29) is 31.1 Å². The number of halogens is 3. The van der Waals surface area contributed by atoms with Crippen LogP contribution in [0.25, 0.3) is 0 Å². The molecule has 1 amide bonds. The van der Waals surface area contributed by atoms with Crippen LogP contribution in [0.5, 0.6) is 0 Å². The summed E-state index contributed by atoms with van der Waals surface area (Å²) in [6.45, 7) is 3.13. The number of amides is 1. The Morgan fingerprint density at radius 1 is 1.07 bits per heavy atom. The summed E-state index contributed by atoms with van der Waals surface area (Å²) in [5, 5.41) is 6.50. The van der Waals surface area contributed by atoms with Gasteiger partial charge in [0, 0.05) is 26.2 Å². The number of rotatable bonds is 3. The maximum absolute atomic E-state index is 13.8. The third-order valence-corrected chi connectivity index (χ3v) is 6.61. The van der Waals surface area contributed by atoms with Gasteiger partial charge in [0.05, 0.1) is 17.0 Å². The lowest BCUT2D eigenvalue weighted by Crippen LogP contribution is -2.50. The Bertz CT molecular complexity index is 979. The summed E-state index contributed by atoms with van der Waals surface area (Å²) < 4.78 is 67.0. The highest BCUT2D eigenvalue weighted by Gasteiger charge is 2.34. The number of sulfonamides is 1. The summed E-state index contributed by atoms with van der Waals surface area (Å²) in [6, 6.07) is 1.55. The number of aromatic amines is 1. The van der Waals surface area contributed by atoms with Gasteiger partial charge in [-0.15, -0.1) is 0 Å². The number of aryl methyl sites for hydroxylation is 2. The van der Waals surface area contributed by atoms with Gasteiger partial charge < -0.3 is 4.90 Å². The largest absolute Gasteiger partial charge is 0.336 e. The Balaban J connectivity index is 1.76. The van der Waals surface area contributed by atoms with E-state index in [1.54, 1.807) is 13.8 Å². The molecular weight excluding hydrogens is 385 g/mol. The molecule has 1 aliphatic heterocycles. The van der Waals surface area contributed by atoms with Gasteiger partial charge in [-0.3, -0.25) is 9.89 Å². The first-order valence-electron chi connectivity index (χ1n) is 8.09. The molecule has 2 heterocycles. The number of nitrogens with zero attached hydrogens (tertiary/aromatic N) is 3. The predicted octanol–water partition coefficient (Wildman–Crippen LogP) is 1.59. The maximum Gasteiger partial charge on any atom is 0.257 e. The number of piperazine rings is 1. The first kappa shape index (κ1) is 19.4. The van der Waals surface area contributed by atoms with Gasteiger partial charge in [-0.2, -0.15) is 9.40 Å². The Hall–Kier alpha value is -2.40. The minimum absolute atomic E-state index is 0.00749. The van der Waals surface area contributed by atoms with Crippen LogP contribution in [0, 0.1) is 31.3 Å². The van der Waals surface area contributed by atoms with Crippen LogP contribution in [0.15, 0.2) is 17.0 Å². The Kier molecular flexibility index (Phi) is 5.00. The number of benzene rings is 1. The molecule has 1 saturated heterocycles. The Morgan fingerprint density at radius 2 is 1.70 bits per heavy atom.